The van der Waals surface area contributed by atoms with Crippen LogP contribution >= 0.6 is 11.8 Å². The van der Waals surface area contributed by atoms with E-state index in [1.165, 1.54) is 0 Å². The summed E-state index contributed by atoms with van der Waals surface area (Å²) < 4.78 is 7.53. The number of aromatic nitrogens is 4. The lowest BCUT2D eigenvalue weighted by molar-refractivity contribution is 0.364. The first-order valence-corrected chi connectivity index (χ1v) is 8.82. The molecule has 0 saturated carbocycles. The van der Waals surface area contributed by atoms with Gasteiger partial charge in [-0.05, 0) is 12.5 Å². The molecular formula is C18H22N4OS. The van der Waals surface area contributed by atoms with Crippen LogP contribution in [-0.2, 0) is 12.5 Å². The topological polar surface area (TPSA) is 56.7 Å². The van der Waals surface area contributed by atoms with E-state index in [-0.39, 0.29) is 10.7 Å². The molecule has 0 spiro atoms. The van der Waals surface area contributed by atoms with Gasteiger partial charge in [-0.25, -0.2) is 4.98 Å². The van der Waals surface area contributed by atoms with Gasteiger partial charge in [0.25, 0.3) is 0 Å². The molecule has 6 heteroatoms. The number of benzene rings is 1. The zero-order valence-electron chi connectivity index (χ0n) is 14.6. The van der Waals surface area contributed by atoms with Crippen molar-refractivity contribution in [1.29, 1.82) is 0 Å². The van der Waals surface area contributed by atoms with Crippen LogP contribution in [0.4, 0.5) is 0 Å². The molecule has 1 unspecified atom stereocenters. The van der Waals surface area contributed by atoms with E-state index in [9.17, 15) is 0 Å². The van der Waals surface area contributed by atoms with E-state index in [2.05, 4.69) is 59.5 Å². The van der Waals surface area contributed by atoms with Gasteiger partial charge in [-0.2, -0.15) is 4.98 Å². The molecule has 0 fully saturated rings. The number of thioether (sulfide) groups is 1. The van der Waals surface area contributed by atoms with Gasteiger partial charge in [0.15, 0.2) is 11.0 Å². The smallest absolute Gasteiger partial charge is 0.239 e. The molecule has 2 heterocycles. The minimum absolute atomic E-state index is 0.0401. The third-order valence-electron chi connectivity index (χ3n) is 3.76. The first-order chi connectivity index (χ1) is 11.4. The number of hydrogen-bond acceptors (Lipinski definition) is 5. The van der Waals surface area contributed by atoms with Gasteiger partial charge in [0.2, 0.25) is 5.89 Å². The quantitative estimate of drug-likeness (QED) is 0.648. The molecule has 2 aromatic heterocycles. The molecule has 1 atom stereocenters. The summed E-state index contributed by atoms with van der Waals surface area (Å²) >= 11 is 1.62. The normalized spacial score (nSPS) is 13.2. The van der Waals surface area contributed by atoms with Crippen LogP contribution in [-0.4, -0.2) is 19.7 Å². The Labute approximate surface area is 146 Å². The second-order valence-electron chi connectivity index (χ2n) is 6.82. The van der Waals surface area contributed by atoms with E-state index < -0.39 is 0 Å². The maximum atomic E-state index is 5.44. The average molecular weight is 342 g/mol. The van der Waals surface area contributed by atoms with Crippen molar-refractivity contribution in [2.45, 2.75) is 43.5 Å². The second kappa shape index (κ2) is 6.43. The van der Waals surface area contributed by atoms with Crippen molar-refractivity contribution in [2.24, 2.45) is 7.05 Å². The van der Waals surface area contributed by atoms with E-state index in [0.717, 1.165) is 22.2 Å². The highest BCUT2D eigenvalue weighted by molar-refractivity contribution is 7.99. The van der Waals surface area contributed by atoms with Crippen LogP contribution in [0.15, 0.2) is 46.2 Å². The number of hydrogen-bond donors (Lipinski definition) is 0. The van der Waals surface area contributed by atoms with E-state index in [1.54, 1.807) is 11.8 Å². The maximum absolute atomic E-state index is 5.44. The molecule has 126 valence electrons. The highest BCUT2D eigenvalue weighted by Crippen LogP contribution is 2.35. The summed E-state index contributed by atoms with van der Waals surface area (Å²) in [7, 11) is 2.03. The molecule has 0 radical (unpaired) electrons. The Balaban J connectivity index is 1.79. The van der Waals surface area contributed by atoms with E-state index in [4.69, 9.17) is 4.52 Å². The molecule has 0 amide bonds. The molecule has 0 aliphatic rings. The predicted molar refractivity (Wildman–Crippen MR) is 95.9 cm³/mol. The monoisotopic (exact) mass is 342 g/mol. The Kier molecular flexibility index (Phi) is 4.49. The van der Waals surface area contributed by atoms with Crippen LogP contribution in [0.2, 0.25) is 0 Å². The lowest BCUT2D eigenvalue weighted by Gasteiger charge is -2.11. The number of rotatable bonds is 4. The molecule has 0 bridgehead atoms. The highest BCUT2D eigenvalue weighted by atomic mass is 32.2. The summed E-state index contributed by atoms with van der Waals surface area (Å²) in [4.78, 5) is 9.09. The number of imidazole rings is 1. The van der Waals surface area contributed by atoms with E-state index >= 15 is 0 Å². The Bertz CT molecular complexity index is 817. The SMILES string of the molecule is CC(Sc1ncc(-c2ccccc2)n1C)c1nc(C(C)(C)C)no1. The summed E-state index contributed by atoms with van der Waals surface area (Å²) in [6.45, 7) is 8.28. The van der Waals surface area contributed by atoms with Crippen molar-refractivity contribution in [3.05, 3.63) is 48.2 Å². The van der Waals surface area contributed by atoms with Gasteiger partial charge in [-0.15, -0.1) is 0 Å². The standard InChI is InChI=1S/C18H22N4OS/c1-12(15-20-16(21-23-15)18(2,3)4)24-17-19-11-14(22(17)5)13-9-7-6-8-10-13/h6-12H,1-5H3. The van der Waals surface area contributed by atoms with E-state index in [0.29, 0.717) is 5.89 Å². The van der Waals surface area contributed by atoms with Crippen LogP contribution in [0.25, 0.3) is 11.3 Å². The minimum Gasteiger partial charge on any atom is -0.338 e. The van der Waals surface area contributed by atoms with Crippen molar-refractivity contribution < 1.29 is 4.52 Å². The average Bonchev–Trinajstić information content (AvgIpc) is 3.16. The first-order valence-electron chi connectivity index (χ1n) is 7.94. The molecule has 0 aliphatic carbocycles. The summed E-state index contributed by atoms with van der Waals surface area (Å²) in [5.74, 6) is 1.36. The summed E-state index contributed by atoms with van der Waals surface area (Å²) in [6.07, 6.45) is 1.90. The Morgan fingerprint density at radius 3 is 2.50 bits per heavy atom. The van der Waals surface area contributed by atoms with Gasteiger partial charge >= 0.3 is 0 Å². The third kappa shape index (κ3) is 3.38. The van der Waals surface area contributed by atoms with Gasteiger partial charge in [0, 0.05) is 12.5 Å². The molecule has 0 saturated heterocycles. The molecule has 1 aromatic carbocycles. The molecule has 3 aromatic rings. The fraction of sp³-hybridized carbons (Fsp3) is 0.389. The van der Waals surface area contributed by atoms with Crippen LogP contribution in [0.3, 0.4) is 0 Å². The molecule has 24 heavy (non-hydrogen) atoms. The minimum atomic E-state index is -0.115. The Hall–Kier alpha value is -2.08. The highest BCUT2D eigenvalue weighted by Gasteiger charge is 2.24. The third-order valence-corrected chi connectivity index (χ3v) is 4.90. The maximum Gasteiger partial charge on any atom is 0.239 e. The first kappa shape index (κ1) is 16.8. The van der Waals surface area contributed by atoms with Crippen LogP contribution in [0.5, 0.6) is 0 Å². The van der Waals surface area contributed by atoms with Crippen LogP contribution in [0, 0.1) is 0 Å². The van der Waals surface area contributed by atoms with Crippen molar-refractivity contribution in [3.8, 4) is 11.3 Å². The second-order valence-corrected chi connectivity index (χ2v) is 8.13. The van der Waals surface area contributed by atoms with Crippen LogP contribution < -0.4 is 0 Å². The zero-order chi connectivity index (χ0) is 17.3. The molecule has 0 aliphatic heterocycles. The lowest BCUT2D eigenvalue weighted by Crippen LogP contribution is -2.13. The fourth-order valence-corrected chi connectivity index (χ4v) is 3.18. The van der Waals surface area contributed by atoms with Crippen molar-refractivity contribution >= 4 is 11.8 Å². The summed E-state index contributed by atoms with van der Waals surface area (Å²) in [5, 5.41) is 5.07. The zero-order valence-corrected chi connectivity index (χ0v) is 15.5. The predicted octanol–water partition coefficient (Wildman–Crippen LogP) is 4.62. The van der Waals surface area contributed by atoms with Crippen molar-refractivity contribution in [3.63, 3.8) is 0 Å². The van der Waals surface area contributed by atoms with Gasteiger partial charge < -0.3 is 9.09 Å². The fourth-order valence-electron chi connectivity index (χ4n) is 2.29. The lowest BCUT2D eigenvalue weighted by atomic mass is 9.96. The van der Waals surface area contributed by atoms with Gasteiger partial charge in [0.05, 0.1) is 17.1 Å². The molecule has 0 N–H and O–H groups in total. The van der Waals surface area contributed by atoms with Crippen molar-refractivity contribution in [1.82, 2.24) is 19.7 Å². The molecule has 5 nitrogen and oxygen atoms in total. The Morgan fingerprint density at radius 1 is 1.17 bits per heavy atom. The number of nitrogens with zero attached hydrogens (tertiary/aromatic N) is 4. The van der Waals surface area contributed by atoms with Crippen LogP contribution in [0.1, 0.15) is 44.7 Å². The largest absolute Gasteiger partial charge is 0.338 e. The van der Waals surface area contributed by atoms with E-state index in [1.807, 2.05) is 31.4 Å². The molecular weight excluding hydrogens is 320 g/mol. The van der Waals surface area contributed by atoms with Gasteiger partial charge in [-0.3, -0.25) is 0 Å². The molecule has 3 rings (SSSR count). The Morgan fingerprint density at radius 2 is 1.88 bits per heavy atom. The summed E-state index contributed by atoms with van der Waals surface area (Å²) in [6, 6.07) is 10.2. The summed E-state index contributed by atoms with van der Waals surface area (Å²) in [5.41, 5.74) is 2.13. The van der Waals surface area contributed by atoms with Crippen molar-refractivity contribution in [2.75, 3.05) is 0 Å². The van der Waals surface area contributed by atoms with Gasteiger partial charge in [0.1, 0.15) is 0 Å². The van der Waals surface area contributed by atoms with Gasteiger partial charge in [-0.1, -0.05) is 68.0 Å².